The maximum absolute atomic E-state index is 8.88. The average molecular weight is 230 g/mol. The van der Waals surface area contributed by atoms with Crippen LogP contribution in [0.25, 0.3) is 0 Å². The molecule has 0 bridgehead atoms. The number of benzene rings is 1. The van der Waals surface area contributed by atoms with Gasteiger partial charge in [0.2, 0.25) is 0 Å². The van der Waals surface area contributed by atoms with E-state index < -0.39 is 0 Å². The molecule has 1 heterocycles. The lowest BCUT2D eigenvalue weighted by atomic mass is 9.88. The third-order valence-corrected chi connectivity index (χ3v) is 3.17. The Balaban J connectivity index is 1.96. The zero-order chi connectivity index (χ0) is 12.1. The molecule has 0 spiro atoms. The number of nitrogens with one attached hydrogen (secondary N) is 1. The highest BCUT2D eigenvalue weighted by molar-refractivity contribution is 5.20. The Hall–Kier alpha value is -1.37. The highest BCUT2D eigenvalue weighted by Crippen LogP contribution is 2.27. The molecular formula is C14H18N2O. The Labute approximate surface area is 102 Å². The Bertz CT molecular complexity index is 392. The topological polar surface area (TPSA) is 45.0 Å². The van der Waals surface area contributed by atoms with Crippen molar-refractivity contribution in [2.45, 2.75) is 19.4 Å². The lowest BCUT2D eigenvalue weighted by Crippen LogP contribution is -2.48. The minimum atomic E-state index is 0.124. The van der Waals surface area contributed by atoms with Gasteiger partial charge in [0.1, 0.15) is 0 Å². The van der Waals surface area contributed by atoms with Crippen molar-refractivity contribution in [3.8, 4) is 6.07 Å². The van der Waals surface area contributed by atoms with Gasteiger partial charge in [-0.05, 0) is 5.56 Å². The second kappa shape index (κ2) is 5.31. The number of nitriles is 1. The van der Waals surface area contributed by atoms with E-state index in [0.29, 0.717) is 6.42 Å². The van der Waals surface area contributed by atoms with Gasteiger partial charge in [-0.25, -0.2) is 0 Å². The van der Waals surface area contributed by atoms with Crippen LogP contribution in [0.1, 0.15) is 24.9 Å². The molecule has 0 aromatic heterocycles. The first-order valence-electron chi connectivity index (χ1n) is 5.97. The van der Waals surface area contributed by atoms with Crippen LogP contribution in [0.15, 0.2) is 30.3 Å². The molecule has 1 atom stereocenters. The Morgan fingerprint density at radius 1 is 1.41 bits per heavy atom. The summed E-state index contributed by atoms with van der Waals surface area (Å²) in [6.45, 7) is 4.73. The first kappa shape index (κ1) is 12.1. The van der Waals surface area contributed by atoms with Crippen LogP contribution in [0.4, 0.5) is 0 Å². The van der Waals surface area contributed by atoms with Crippen LogP contribution < -0.4 is 5.32 Å². The molecule has 0 amide bonds. The largest absolute Gasteiger partial charge is 0.380 e. The molecule has 0 saturated carbocycles. The minimum absolute atomic E-state index is 0.124. The predicted octanol–water partition coefficient (Wildman–Crippen LogP) is 2.27. The van der Waals surface area contributed by atoms with Gasteiger partial charge < -0.3 is 10.1 Å². The number of hydrogen-bond donors (Lipinski definition) is 1. The molecule has 17 heavy (non-hydrogen) atoms. The van der Waals surface area contributed by atoms with E-state index in [1.54, 1.807) is 0 Å². The molecule has 1 aromatic carbocycles. The smallest absolute Gasteiger partial charge is 0.0641 e. The van der Waals surface area contributed by atoms with Crippen molar-refractivity contribution in [3.05, 3.63) is 35.9 Å². The van der Waals surface area contributed by atoms with Crippen LogP contribution in [-0.4, -0.2) is 19.8 Å². The van der Waals surface area contributed by atoms with Crippen molar-refractivity contribution in [1.29, 1.82) is 5.26 Å². The van der Waals surface area contributed by atoms with Crippen molar-refractivity contribution in [2.75, 3.05) is 19.8 Å². The molecule has 1 saturated heterocycles. The zero-order valence-electron chi connectivity index (χ0n) is 10.1. The third-order valence-electron chi connectivity index (χ3n) is 3.17. The summed E-state index contributed by atoms with van der Waals surface area (Å²) in [5, 5.41) is 12.4. The molecule has 1 aliphatic heterocycles. The summed E-state index contributed by atoms with van der Waals surface area (Å²) >= 11 is 0. The lowest BCUT2D eigenvalue weighted by molar-refractivity contribution is -0.1000. The van der Waals surface area contributed by atoms with Gasteiger partial charge in [-0.1, -0.05) is 37.3 Å². The highest BCUT2D eigenvalue weighted by Gasteiger charge is 2.33. The Morgan fingerprint density at radius 3 is 2.65 bits per heavy atom. The summed E-state index contributed by atoms with van der Waals surface area (Å²) < 4.78 is 5.23. The second-order valence-electron chi connectivity index (χ2n) is 5.01. The molecule has 2 rings (SSSR count). The van der Waals surface area contributed by atoms with E-state index in [0.717, 1.165) is 19.8 Å². The van der Waals surface area contributed by atoms with Gasteiger partial charge in [-0.3, -0.25) is 0 Å². The van der Waals surface area contributed by atoms with Gasteiger partial charge in [0.05, 0.1) is 25.7 Å². The molecular weight excluding hydrogens is 212 g/mol. The Morgan fingerprint density at radius 2 is 2.12 bits per heavy atom. The van der Waals surface area contributed by atoms with E-state index >= 15 is 0 Å². The van der Waals surface area contributed by atoms with E-state index in [9.17, 15) is 0 Å². The molecule has 1 fully saturated rings. The maximum Gasteiger partial charge on any atom is 0.0641 e. The van der Waals surface area contributed by atoms with Crippen molar-refractivity contribution in [3.63, 3.8) is 0 Å². The van der Waals surface area contributed by atoms with Crippen LogP contribution in [0.3, 0.4) is 0 Å². The van der Waals surface area contributed by atoms with Crippen LogP contribution in [0, 0.1) is 16.7 Å². The summed E-state index contributed by atoms with van der Waals surface area (Å²) in [7, 11) is 0. The normalized spacial score (nSPS) is 19.1. The lowest BCUT2D eigenvalue weighted by Gasteiger charge is -2.39. The van der Waals surface area contributed by atoms with Crippen molar-refractivity contribution >= 4 is 0 Å². The van der Waals surface area contributed by atoms with Gasteiger partial charge in [0.25, 0.3) is 0 Å². The Kier molecular flexibility index (Phi) is 3.78. The van der Waals surface area contributed by atoms with E-state index in [4.69, 9.17) is 10.00 Å². The average Bonchev–Trinajstić information content (AvgIpc) is 2.33. The molecule has 3 heteroatoms. The molecule has 3 nitrogen and oxygen atoms in total. The summed E-state index contributed by atoms with van der Waals surface area (Å²) in [6.07, 6.45) is 0.501. The highest BCUT2D eigenvalue weighted by atomic mass is 16.5. The molecule has 0 aliphatic carbocycles. The second-order valence-corrected chi connectivity index (χ2v) is 5.01. The van der Waals surface area contributed by atoms with Crippen molar-refractivity contribution in [2.24, 2.45) is 5.41 Å². The SMILES string of the molecule is CC1(CNC(CC#N)c2ccccc2)COC1. The summed E-state index contributed by atoms with van der Waals surface area (Å²) in [4.78, 5) is 0. The predicted molar refractivity (Wildman–Crippen MR) is 66.3 cm³/mol. The quantitative estimate of drug-likeness (QED) is 0.844. The third kappa shape index (κ3) is 3.06. The first-order chi connectivity index (χ1) is 8.23. The summed E-state index contributed by atoms with van der Waals surface area (Å²) in [5.41, 5.74) is 1.42. The zero-order valence-corrected chi connectivity index (χ0v) is 10.1. The summed E-state index contributed by atoms with van der Waals surface area (Å²) in [5.74, 6) is 0. The molecule has 90 valence electrons. The fraction of sp³-hybridized carbons (Fsp3) is 0.500. The van der Waals surface area contributed by atoms with Gasteiger partial charge in [-0.15, -0.1) is 0 Å². The fourth-order valence-electron chi connectivity index (χ4n) is 2.01. The van der Waals surface area contributed by atoms with Crippen LogP contribution in [0.5, 0.6) is 0 Å². The van der Waals surface area contributed by atoms with Crippen molar-refractivity contribution in [1.82, 2.24) is 5.32 Å². The molecule has 1 aromatic rings. The van der Waals surface area contributed by atoms with Crippen molar-refractivity contribution < 1.29 is 4.74 Å². The molecule has 1 unspecified atom stereocenters. The van der Waals surface area contributed by atoms with E-state index in [1.807, 2.05) is 18.2 Å². The standard InChI is InChI=1S/C14H18N2O/c1-14(10-17-11-14)9-16-13(7-8-15)12-5-3-2-4-6-12/h2-6,13,16H,7,9-11H2,1H3. The number of nitrogens with zero attached hydrogens (tertiary/aromatic N) is 1. The van der Waals surface area contributed by atoms with E-state index in [-0.39, 0.29) is 11.5 Å². The number of hydrogen-bond acceptors (Lipinski definition) is 3. The van der Waals surface area contributed by atoms with Gasteiger partial charge in [-0.2, -0.15) is 5.26 Å². The van der Waals surface area contributed by atoms with Gasteiger partial charge >= 0.3 is 0 Å². The van der Waals surface area contributed by atoms with E-state index in [2.05, 4.69) is 30.4 Å². The van der Waals surface area contributed by atoms with Crippen LogP contribution in [0.2, 0.25) is 0 Å². The molecule has 0 radical (unpaired) electrons. The first-order valence-corrected chi connectivity index (χ1v) is 5.97. The number of ether oxygens (including phenoxy) is 1. The van der Waals surface area contributed by atoms with E-state index in [1.165, 1.54) is 5.56 Å². The monoisotopic (exact) mass is 230 g/mol. The van der Waals surface area contributed by atoms with Crippen LogP contribution in [-0.2, 0) is 4.74 Å². The van der Waals surface area contributed by atoms with Crippen LogP contribution >= 0.6 is 0 Å². The summed E-state index contributed by atoms with van der Waals surface area (Å²) in [6, 6.07) is 12.5. The van der Waals surface area contributed by atoms with Gasteiger partial charge in [0, 0.05) is 18.0 Å². The maximum atomic E-state index is 8.88. The van der Waals surface area contributed by atoms with Gasteiger partial charge in [0.15, 0.2) is 0 Å². The number of rotatable bonds is 5. The fourth-order valence-corrected chi connectivity index (χ4v) is 2.01. The molecule has 1 N–H and O–H groups in total. The minimum Gasteiger partial charge on any atom is -0.380 e. The molecule has 1 aliphatic rings.